The number of aliphatic hydroxyl groups is 1. The number of hydrogen-bond donors (Lipinski definition) is 3. The number of aliphatic hydroxyl groups excluding tert-OH is 1. The van der Waals surface area contributed by atoms with Crippen LogP contribution in [0.2, 0.25) is 0 Å². The van der Waals surface area contributed by atoms with Gasteiger partial charge >= 0.3 is 0 Å². The summed E-state index contributed by atoms with van der Waals surface area (Å²) in [6.45, 7) is 3.30. The number of pyridine rings is 1. The third kappa shape index (κ3) is 5.60. The van der Waals surface area contributed by atoms with Gasteiger partial charge in [-0.25, -0.2) is 4.98 Å². The monoisotopic (exact) mass is 253 g/mol. The standard InChI is InChI=1S/C12H19N3O3/c1-2-12(17)15-10-3-4-11(14-9-10)13-5-7-18-8-6-16/h3-4,9,16H,2,5-8H2,1H3,(H,13,14)(H,15,17). The van der Waals surface area contributed by atoms with Crippen LogP contribution in [-0.4, -0.2) is 42.4 Å². The van der Waals surface area contributed by atoms with Crippen molar-refractivity contribution in [3.63, 3.8) is 0 Å². The first-order valence-electron chi connectivity index (χ1n) is 5.94. The molecule has 1 aromatic heterocycles. The van der Waals surface area contributed by atoms with E-state index in [0.29, 0.717) is 31.9 Å². The quantitative estimate of drug-likeness (QED) is 0.598. The van der Waals surface area contributed by atoms with Gasteiger partial charge in [0.2, 0.25) is 5.91 Å². The summed E-state index contributed by atoms with van der Waals surface area (Å²) < 4.78 is 5.10. The van der Waals surface area contributed by atoms with Gasteiger partial charge in [0.15, 0.2) is 0 Å². The molecule has 1 aromatic rings. The number of nitrogens with one attached hydrogen (secondary N) is 2. The van der Waals surface area contributed by atoms with Crippen LogP contribution in [0.15, 0.2) is 18.3 Å². The van der Waals surface area contributed by atoms with Gasteiger partial charge in [0, 0.05) is 13.0 Å². The van der Waals surface area contributed by atoms with E-state index in [1.807, 2.05) is 0 Å². The molecule has 0 unspecified atom stereocenters. The van der Waals surface area contributed by atoms with Gasteiger partial charge in [-0.1, -0.05) is 6.92 Å². The van der Waals surface area contributed by atoms with Crippen LogP contribution in [0.1, 0.15) is 13.3 Å². The number of anilines is 2. The summed E-state index contributed by atoms with van der Waals surface area (Å²) in [5.74, 6) is 0.687. The lowest BCUT2D eigenvalue weighted by Crippen LogP contribution is -2.12. The van der Waals surface area contributed by atoms with Gasteiger partial charge < -0.3 is 20.5 Å². The lowest BCUT2D eigenvalue weighted by atomic mass is 10.3. The smallest absolute Gasteiger partial charge is 0.224 e. The minimum atomic E-state index is -0.0325. The summed E-state index contributed by atoms with van der Waals surface area (Å²) in [5.41, 5.74) is 0.684. The highest BCUT2D eigenvalue weighted by atomic mass is 16.5. The summed E-state index contributed by atoms with van der Waals surface area (Å²) in [7, 11) is 0. The maximum atomic E-state index is 11.1. The van der Waals surface area contributed by atoms with E-state index in [4.69, 9.17) is 9.84 Å². The topological polar surface area (TPSA) is 83.5 Å². The summed E-state index contributed by atoms with van der Waals surface area (Å²) >= 11 is 0. The van der Waals surface area contributed by atoms with Crippen molar-refractivity contribution in [2.75, 3.05) is 37.0 Å². The second-order valence-corrected chi connectivity index (χ2v) is 3.60. The Kier molecular flexibility index (Phi) is 6.75. The molecule has 6 heteroatoms. The average Bonchev–Trinajstić information content (AvgIpc) is 2.40. The molecule has 0 aliphatic rings. The zero-order valence-electron chi connectivity index (χ0n) is 10.5. The Morgan fingerprint density at radius 2 is 2.28 bits per heavy atom. The van der Waals surface area contributed by atoms with E-state index >= 15 is 0 Å². The first-order chi connectivity index (χ1) is 8.76. The van der Waals surface area contributed by atoms with Gasteiger partial charge in [-0.2, -0.15) is 0 Å². The molecule has 0 bridgehead atoms. The fraction of sp³-hybridized carbons (Fsp3) is 0.500. The first kappa shape index (κ1) is 14.4. The SMILES string of the molecule is CCC(=O)Nc1ccc(NCCOCCO)nc1. The molecule has 0 aliphatic heterocycles. The number of rotatable bonds is 8. The Morgan fingerprint density at radius 3 is 2.89 bits per heavy atom. The third-order valence-electron chi connectivity index (χ3n) is 2.16. The third-order valence-corrected chi connectivity index (χ3v) is 2.16. The van der Waals surface area contributed by atoms with Gasteiger partial charge in [0.05, 0.1) is 31.7 Å². The molecule has 0 aliphatic carbocycles. The van der Waals surface area contributed by atoms with Crippen molar-refractivity contribution in [3.05, 3.63) is 18.3 Å². The summed E-state index contributed by atoms with van der Waals surface area (Å²) in [6.07, 6.45) is 2.05. The minimum absolute atomic E-state index is 0.0318. The van der Waals surface area contributed by atoms with Gasteiger partial charge in [-0.3, -0.25) is 4.79 Å². The Balaban J connectivity index is 2.29. The zero-order chi connectivity index (χ0) is 13.2. The number of carbonyl (C=O) groups excluding carboxylic acids is 1. The molecule has 0 aromatic carbocycles. The van der Waals surface area contributed by atoms with Crippen LogP contribution in [0, 0.1) is 0 Å². The number of nitrogens with zero attached hydrogens (tertiary/aromatic N) is 1. The van der Waals surface area contributed by atoms with Crippen LogP contribution in [0.5, 0.6) is 0 Å². The van der Waals surface area contributed by atoms with Gasteiger partial charge in [-0.15, -0.1) is 0 Å². The van der Waals surface area contributed by atoms with E-state index in [-0.39, 0.29) is 12.5 Å². The highest BCUT2D eigenvalue weighted by molar-refractivity contribution is 5.90. The van der Waals surface area contributed by atoms with E-state index in [9.17, 15) is 4.79 Å². The Morgan fingerprint density at radius 1 is 1.44 bits per heavy atom. The van der Waals surface area contributed by atoms with Gasteiger partial charge in [0.1, 0.15) is 5.82 Å². The molecule has 0 atom stereocenters. The predicted octanol–water partition coefficient (Wildman–Crippen LogP) is 0.851. The molecule has 0 radical (unpaired) electrons. The fourth-order valence-electron chi connectivity index (χ4n) is 1.24. The number of carbonyl (C=O) groups is 1. The van der Waals surface area contributed by atoms with Crippen LogP contribution in [0.4, 0.5) is 11.5 Å². The highest BCUT2D eigenvalue weighted by Crippen LogP contribution is 2.09. The molecule has 0 saturated heterocycles. The lowest BCUT2D eigenvalue weighted by molar-refractivity contribution is -0.115. The van der Waals surface area contributed by atoms with Gasteiger partial charge in [0.25, 0.3) is 0 Å². The molecular formula is C12H19N3O3. The van der Waals surface area contributed by atoms with Crippen molar-refractivity contribution in [1.29, 1.82) is 0 Å². The summed E-state index contributed by atoms with van der Waals surface area (Å²) in [6, 6.07) is 3.58. The largest absolute Gasteiger partial charge is 0.394 e. The molecule has 1 amide bonds. The lowest BCUT2D eigenvalue weighted by Gasteiger charge is -2.07. The maximum absolute atomic E-state index is 11.1. The Bertz CT molecular complexity index is 354. The molecule has 0 saturated carbocycles. The molecular weight excluding hydrogens is 234 g/mol. The highest BCUT2D eigenvalue weighted by Gasteiger charge is 1.99. The fourth-order valence-corrected chi connectivity index (χ4v) is 1.24. The van der Waals surface area contributed by atoms with Crippen LogP contribution in [0.3, 0.4) is 0 Å². The van der Waals surface area contributed by atoms with Crippen LogP contribution in [0.25, 0.3) is 0 Å². The van der Waals surface area contributed by atoms with Crippen molar-refractivity contribution in [1.82, 2.24) is 4.98 Å². The van der Waals surface area contributed by atoms with Crippen molar-refractivity contribution in [2.45, 2.75) is 13.3 Å². The van der Waals surface area contributed by atoms with Crippen molar-refractivity contribution in [3.8, 4) is 0 Å². The Labute approximate surface area is 106 Å². The summed E-state index contributed by atoms with van der Waals surface area (Å²) in [5, 5.41) is 14.3. The van der Waals surface area contributed by atoms with Crippen molar-refractivity contribution >= 4 is 17.4 Å². The zero-order valence-corrected chi connectivity index (χ0v) is 10.5. The maximum Gasteiger partial charge on any atom is 0.224 e. The van der Waals surface area contributed by atoms with Crippen LogP contribution < -0.4 is 10.6 Å². The molecule has 6 nitrogen and oxygen atoms in total. The second kappa shape index (κ2) is 8.43. The van der Waals surface area contributed by atoms with Gasteiger partial charge in [-0.05, 0) is 12.1 Å². The predicted molar refractivity (Wildman–Crippen MR) is 69.6 cm³/mol. The summed E-state index contributed by atoms with van der Waals surface area (Å²) in [4.78, 5) is 15.3. The number of amides is 1. The normalized spacial score (nSPS) is 10.1. The molecule has 0 spiro atoms. The molecule has 3 N–H and O–H groups in total. The Hall–Kier alpha value is -1.66. The minimum Gasteiger partial charge on any atom is -0.394 e. The average molecular weight is 253 g/mol. The van der Waals surface area contributed by atoms with Crippen LogP contribution in [-0.2, 0) is 9.53 Å². The molecule has 18 heavy (non-hydrogen) atoms. The first-order valence-corrected chi connectivity index (χ1v) is 5.94. The molecule has 1 heterocycles. The molecule has 100 valence electrons. The van der Waals surface area contributed by atoms with E-state index in [0.717, 1.165) is 5.82 Å². The molecule has 0 fully saturated rings. The van der Waals surface area contributed by atoms with E-state index in [1.165, 1.54) is 0 Å². The van der Waals surface area contributed by atoms with Crippen LogP contribution >= 0.6 is 0 Å². The van der Waals surface area contributed by atoms with Crippen molar-refractivity contribution < 1.29 is 14.6 Å². The molecule has 1 rings (SSSR count). The van der Waals surface area contributed by atoms with E-state index < -0.39 is 0 Å². The van der Waals surface area contributed by atoms with E-state index in [1.54, 1.807) is 25.3 Å². The number of hydrogen-bond acceptors (Lipinski definition) is 5. The number of ether oxygens (including phenoxy) is 1. The number of aromatic nitrogens is 1. The van der Waals surface area contributed by atoms with Crippen molar-refractivity contribution in [2.24, 2.45) is 0 Å². The second-order valence-electron chi connectivity index (χ2n) is 3.60. The van der Waals surface area contributed by atoms with E-state index in [2.05, 4.69) is 15.6 Å².